The van der Waals surface area contributed by atoms with Gasteiger partial charge in [-0.2, -0.15) is 0 Å². The number of hydrogen-bond acceptors (Lipinski definition) is 5. The monoisotopic (exact) mass is 385 g/mol. The Hall–Kier alpha value is -2.87. The van der Waals surface area contributed by atoms with Gasteiger partial charge >= 0.3 is 0 Å². The molecule has 0 bridgehead atoms. The van der Waals surface area contributed by atoms with Crippen molar-refractivity contribution < 1.29 is 8.42 Å². The van der Waals surface area contributed by atoms with Gasteiger partial charge in [0.1, 0.15) is 5.01 Å². The highest BCUT2D eigenvalue weighted by Gasteiger charge is 2.13. The zero-order chi connectivity index (χ0) is 18.7. The number of nitrogens with zero attached hydrogens (tertiary/aromatic N) is 5. The summed E-state index contributed by atoms with van der Waals surface area (Å²) in [5, 5.41) is 0.759. The molecule has 0 amide bonds. The van der Waals surface area contributed by atoms with E-state index in [9.17, 15) is 8.42 Å². The second kappa shape index (κ2) is 7.17. The fourth-order valence-corrected chi connectivity index (χ4v) is 3.98. The molecule has 0 aliphatic rings. The smallest absolute Gasteiger partial charge is 0.264 e. The maximum atomic E-state index is 11.8. The Bertz CT molecular complexity index is 1130. The maximum Gasteiger partial charge on any atom is 0.264 e. The third-order valence-electron chi connectivity index (χ3n) is 3.65. The van der Waals surface area contributed by atoms with E-state index in [0.717, 1.165) is 16.3 Å². The first-order valence-electron chi connectivity index (χ1n) is 7.56. The molecule has 9 heteroatoms. The van der Waals surface area contributed by atoms with Gasteiger partial charge in [0.15, 0.2) is 0 Å². The van der Waals surface area contributed by atoms with Crippen LogP contribution in [0, 0.1) is 0 Å². The van der Waals surface area contributed by atoms with E-state index in [2.05, 4.69) is 14.4 Å². The summed E-state index contributed by atoms with van der Waals surface area (Å²) in [4.78, 5) is 8.82. The van der Waals surface area contributed by atoms with Gasteiger partial charge in [-0.3, -0.25) is 0 Å². The van der Waals surface area contributed by atoms with Gasteiger partial charge in [0.2, 0.25) is 0 Å². The lowest BCUT2D eigenvalue weighted by Gasteiger charge is -2.11. The van der Waals surface area contributed by atoms with Crippen molar-refractivity contribution in [3.05, 3.63) is 63.5 Å². The Labute approximate surface area is 154 Å². The highest BCUT2D eigenvalue weighted by atomic mass is 32.2. The molecule has 3 aromatic rings. The number of rotatable bonds is 5. The number of hydrogen-bond donors (Lipinski definition) is 0. The summed E-state index contributed by atoms with van der Waals surface area (Å²) in [5.74, 6) is 0. The Morgan fingerprint density at radius 3 is 2.54 bits per heavy atom. The average molecular weight is 385 g/mol. The molecule has 3 rings (SSSR count). The first-order valence-corrected chi connectivity index (χ1v) is 9.82. The Kier molecular flexibility index (Phi) is 4.94. The number of aromatic nitrogens is 1. The molecule has 0 unspecified atom stereocenters. The molecule has 0 saturated carbocycles. The van der Waals surface area contributed by atoms with Crippen molar-refractivity contribution in [1.82, 2.24) is 4.98 Å². The molecule has 2 aromatic carbocycles. The molecule has 1 aromatic heterocycles. The molecule has 0 fully saturated rings. The fourth-order valence-electron chi connectivity index (χ4n) is 2.30. The van der Waals surface area contributed by atoms with Crippen LogP contribution in [-0.4, -0.2) is 27.5 Å². The van der Waals surface area contributed by atoms with Crippen LogP contribution in [0.2, 0.25) is 0 Å². The minimum absolute atomic E-state index is 0.0405. The van der Waals surface area contributed by atoms with Crippen LogP contribution in [0.5, 0.6) is 0 Å². The minimum Gasteiger partial charge on any atom is -0.378 e. The standard InChI is InChI=1S/C17H15N5O2S2/c1-22(2)13-6-3-12(4-7-13)5-10-17-19-15-9-8-14(11-16(15)25-17)26(23,24)21-20-18/h3-11H,1-2H3/b10-5+. The van der Waals surface area contributed by atoms with Crippen molar-refractivity contribution in [2.75, 3.05) is 19.0 Å². The van der Waals surface area contributed by atoms with E-state index in [1.54, 1.807) is 6.07 Å². The van der Waals surface area contributed by atoms with Crippen molar-refractivity contribution in [3.63, 3.8) is 0 Å². The molecule has 0 radical (unpaired) electrons. The number of sulfonamides is 1. The molecular weight excluding hydrogens is 370 g/mol. The van der Waals surface area contributed by atoms with Crippen molar-refractivity contribution >= 4 is 49.4 Å². The molecule has 7 nitrogen and oxygen atoms in total. The summed E-state index contributed by atoms with van der Waals surface area (Å²) in [5.41, 5.74) is 11.2. The van der Waals surface area contributed by atoms with Crippen LogP contribution in [0.25, 0.3) is 32.8 Å². The number of benzene rings is 2. The predicted octanol–water partition coefficient (Wildman–Crippen LogP) is 4.53. The predicted molar refractivity (Wildman–Crippen MR) is 106 cm³/mol. The summed E-state index contributed by atoms with van der Waals surface area (Å²) < 4.78 is 27.2. The summed E-state index contributed by atoms with van der Waals surface area (Å²) in [6.45, 7) is 0. The highest BCUT2D eigenvalue weighted by Crippen LogP contribution is 2.27. The molecule has 132 valence electrons. The van der Waals surface area contributed by atoms with Crippen molar-refractivity contribution in [3.8, 4) is 0 Å². The average Bonchev–Trinajstić information content (AvgIpc) is 3.02. The van der Waals surface area contributed by atoms with Crippen molar-refractivity contribution in [2.24, 2.45) is 4.52 Å². The van der Waals surface area contributed by atoms with E-state index < -0.39 is 10.0 Å². The fraction of sp³-hybridized carbons (Fsp3) is 0.118. The molecule has 0 spiro atoms. The van der Waals surface area contributed by atoms with Crippen LogP contribution in [0.15, 0.2) is 51.9 Å². The van der Waals surface area contributed by atoms with Crippen molar-refractivity contribution in [1.29, 1.82) is 0 Å². The van der Waals surface area contributed by atoms with Gasteiger partial charge in [-0.15, -0.1) is 11.3 Å². The van der Waals surface area contributed by atoms with Crippen LogP contribution < -0.4 is 4.90 Å². The van der Waals surface area contributed by atoms with Crippen LogP contribution in [0.3, 0.4) is 0 Å². The van der Waals surface area contributed by atoms with Gasteiger partial charge in [0.05, 0.1) is 15.1 Å². The van der Waals surface area contributed by atoms with E-state index in [0.29, 0.717) is 10.2 Å². The van der Waals surface area contributed by atoms with E-state index in [1.807, 2.05) is 55.4 Å². The lowest BCUT2D eigenvalue weighted by Crippen LogP contribution is -2.07. The normalized spacial score (nSPS) is 11.6. The molecule has 0 aliphatic heterocycles. The SMILES string of the molecule is CN(C)c1ccc(/C=C/c2nc3ccc(S(=O)(=O)N=[N+]=[N-])cc3s2)cc1. The van der Waals surface area contributed by atoms with Crippen LogP contribution in [-0.2, 0) is 10.0 Å². The number of fused-ring (bicyclic) bond motifs is 1. The zero-order valence-corrected chi connectivity index (χ0v) is 15.7. The summed E-state index contributed by atoms with van der Waals surface area (Å²) in [6.07, 6.45) is 3.84. The second-order valence-corrected chi connectivity index (χ2v) is 8.29. The van der Waals surface area contributed by atoms with Gasteiger partial charge in [-0.05, 0) is 47.5 Å². The Morgan fingerprint density at radius 2 is 1.88 bits per heavy atom. The summed E-state index contributed by atoms with van der Waals surface area (Å²) >= 11 is 1.37. The van der Waals surface area contributed by atoms with Crippen LogP contribution in [0.4, 0.5) is 5.69 Å². The van der Waals surface area contributed by atoms with Crippen molar-refractivity contribution in [2.45, 2.75) is 4.90 Å². The van der Waals surface area contributed by atoms with E-state index in [-0.39, 0.29) is 4.90 Å². The minimum atomic E-state index is -3.99. The van der Waals surface area contributed by atoms with E-state index in [4.69, 9.17) is 5.53 Å². The molecule has 26 heavy (non-hydrogen) atoms. The van der Waals surface area contributed by atoms with Gasteiger partial charge in [-0.25, -0.2) is 13.4 Å². The lowest BCUT2D eigenvalue weighted by molar-refractivity contribution is 0.597. The molecule has 0 atom stereocenters. The third-order valence-corrected chi connectivity index (χ3v) is 5.77. The third kappa shape index (κ3) is 3.85. The van der Waals surface area contributed by atoms with Crippen LogP contribution >= 0.6 is 11.3 Å². The quantitative estimate of drug-likeness (QED) is 0.366. The highest BCUT2D eigenvalue weighted by molar-refractivity contribution is 7.90. The summed E-state index contributed by atoms with van der Waals surface area (Å²) in [7, 11) is -0.0169. The van der Waals surface area contributed by atoms with E-state index >= 15 is 0 Å². The van der Waals surface area contributed by atoms with Crippen LogP contribution in [0.1, 0.15) is 10.6 Å². The Morgan fingerprint density at radius 1 is 1.15 bits per heavy atom. The first kappa shape index (κ1) is 17.9. The topological polar surface area (TPSA) is 99.0 Å². The molecule has 1 heterocycles. The zero-order valence-electron chi connectivity index (χ0n) is 14.1. The molecular formula is C17H15N5O2S2. The number of azide groups is 1. The van der Waals surface area contributed by atoms with Gasteiger partial charge in [-0.1, -0.05) is 18.2 Å². The number of anilines is 1. The summed E-state index contributed by atoms with van der Waals surface area (Å²) in [6, 6.07) is 12.6. The van der Waals surface area contributed by atoms with E-state index in [1.165, 1.54) is 23.5 Å². The maximum absolute atomic E-state index is 11.8. The first-order chi connectivity index (χ1) is 12.4. The lowest BCUT2D eigenvalue weighted by atomic mass is 10.2. The van der Waals surface area contributed by atoms with Gasteiger partial charge in [0, 0.05) is 29.2 Å². The molecule has 0 saturated heterocycles. The van der Waals surface area contributed by atoms with Gasteiger partial charge < -0.3 is 4.90 Å². The van der Waals surface area contributed by atoms with Gasteiger partial charge in [0.25, 0.3) is 10.0 Å². The molecule has 0 N–H and O–H groups in total. The number of thiazole rings is 1. The Balaban J connectivity index is 1.88. The molecule has 0 aliphatic carbocycles. The largest absolute Gasteiger partial charge is 0.378 e. The second-order valence-electron chi connectivity index (χ2n) is 5.65.